The number of rotatable bonds is 2. The number of hydrogen-bond acceptors (Lipinski definition) is 4. The summed E-state index contributed by atoms with van der Waals surface area (Å²) in [4.78, 5) is 16.7. The Hall–Kier alpha value is -1.56. The van der Waals surface area contributed by atoms with Crippen LogP contribution in [0.5, 0.6) is 0 Å². The van der Waals surface area contributed by atoms with Gasteiger partial charge in [0.1, 0.15) is 7.11 Å². The first-order valence-corrected chi connectivity index (χ1v) is 5.84. The van der Waals surface area contributed by atoms with Crippen molar-refractivity contribution in [1.82, 2.24) is 5.32 Å². The summed E-state index contributed by atoms with van der Waals surface area (Å²) in [6.07, 6.45) is 1.58. The molecule has 0 aliphatic heterocycles. The van der Waals surface area contributed by atoms with Crippen molar-refractivity contribution < 1.29 is 9.63 Å². The third-order valence-corrected chi connectivity index (χ3v) is 3.50. The Kier molecular flexibility index (Phi) is 3.09. The number of oxime groups is 1. The molecule has 86 valence electrons. The van der Waals surface area contributed by atoms with Crippen molar-refractivity contribution in [2.75, 3.05) is 7.11 Å². The summed E-state index contributed by atoms with van der Waals surface area (Å²) in [5, 5.41) is 8.71. The number of nitrogens with one attached hydrogen (secondary N) is 1. The molecule has 1 aliphatic rings. The Labute approximate surface area is 97.3 Å². The van der Waals surface area contributed by atoms with Crippen LogP contribution in [0.4, 0.5) is 4.79 Å². The van der Waals surface area contributed by atoms with Crippen LogP contribution in [0.2, 0.25) is 0 Å². The fraction of sp³-hybridized carbons (Fsp3) is 0.400. The molecule has 0 radical (unpaired) electrons. The van der Waals surface area contributed by atoms with E-state index in [-0.39, 0.29) is 6.04 Å². The maximum absolute atomic E-state index is 10.9. The molecule has 16 heavy (non-hydrogen) atoms. The molecule has 2 rings (SSSR count). The molecule has 1 aromatic rings. The van der Waals surface area contributed by atoms with Crippen molar-refractivity contribution in [3.63, 3.8) is 0 Å². The lowest BCUT2D eigenvalue weighted by molar-refractivity contribution is 0.212. The fourth-order valence-electron chi connectivity index (χ4n) is 1.90. The van der Waals surface area contributed by atoms with Gasteiger partial charge in [0.2, 0.25) is 0 Å². The summed E-state index contributed by atoms with van der Waals surface area (Å²) in [5.74, 6) is 0. The molecule has 3 N–H and O–H groups in total. The van der Waals surface area contributed by atoms with Crippen LogP contribution in [0.15, 0.2) is 16.6 Å². The number of primary amides is 1. The lowest BCUT2D eigenvalue weighted by Crippen LogP contribution is -2.35. The van der Waals surface area contributed by atoms with Gasteiger partial charge in [-0.2, -0.15) is 0 Å². The normalized spacial score (nSPS) is 21.6. The molecule has 1 aliphatic carbocycles. The molecule has 0 saturated heterocycles. The van der Waals surface area contributed by atoms with E-state index >= 15 is 0 Å². The Balaban J connectivity index is 2.29. The zero-order chi connectivity index (χ0) is 11.5. The largest absolute Gasteiger partial charge is 0.399 e. The highest BCUT2D eigenvalue weighted by Crippen LogP contribution is 2.33. The summed E-state index contributed by atoms with van der Waals surface area (Å²) in [6, 6.07) is 1.49. The van der Waals surface area contributed by atoms with Crippen LogP contribution in [0.25, 0.3) is 0 Å². The van der Waals surface area contributed by atoms with Crippen molar-refractivity contribution in [2.45, 2.75) is 18.9 Å². The highest BCUT2D eigenvalue weighted by Gasteiger charge is 2.26. The number of hydrogen-bond donors (Lipinski definition) is 2. The number of thiophene rings is 1. The van der Waals surface area contributed by atoms with Crippen molar-refractivity contribution in [3.05, 3.63) is 21.9 Å². The van der Waals surface area contributed by atoms with Crippen molar-refractivity contribution in [2.24, 2.45) is 10.9 Å². The summed E-state index contributed by atoms with van der Waals surface area (Å²) >= 11 is 1.60. The van der Waals surface area contributed by atoms with E-state index in [1.165, 1.54) is 7.11 Å². The second-order valence-electron chi connectivity index (χ2n) is 3.53. The lowest BCUT2D eigenvalue weighted by atomic mass is 9.93. The molecule has 1 aromatic heterocycles. The quantitative estimate of drug-likeness (QED) is 0.769. The molecule has 1 unspecified atom stereocenters. The minimum atomic E-state index is -0.491. The zero-order valence-corrected chi connectivity index (χ0v) is 9.71. The Morgan fingerprint density at radius 2 is 2.56 bits per heavy atom. The average Bonchev–Trinajstić information content (AvgIpc) is 2.70. The number of amides is 2. The number of nitrogens with two attached hydrogens (primary N) is 1. The molecule has 0 fully saturated rings. The van der Waals surface area contributed by atoms with Gasteiger partial charge in [0.25, 0.3) is 0 Å². The Morgan fingerprint density at radius 1 is 1.75 bits per heavy atom. The maximum atomic E-state index is 10.9. The molecule has 2 amide bonds. The van der Waals surface area contributed by atoms with Gasteiger partial charge in [-0.1, -0.05) is 5.16 Å². The molecular formula is C10H13N3O2S. The molecule has 1 atom stereocenters. The predicted octanol–water partition coefficient (Wildman–Crippen LogP) is 1.60. The van der Waals surface area contributed by atoms with Gasteiger partial charge in [0.05, 0.1) is 16.6 Å². The summed E-state index contributed by atoms with van der Waals surface area (Å²) < 4.78 is 0. The Bertz CT molecular complexity index is 427. The van der Waals surface area contributed by atoms with E-state index in [1.807, 2.05) is 11.4 Å². The number of carbonyl (C=O) groups is 1. The van der Waals surface area contributed by atoms with Gasteiger partial charge in [-0.05, 0) is 29.9 Å². The molecule has 5 nitrogen and oxygen atoms in total. The van der Waals surface area contributed by atoms with Crippen LogP contribution in [-0.4, -0.2) is 18.9 Å². The van der Waals surface area contributed by atoms with Crippen LogP contribution in [0.1, 0.15) is 29.3 Å². The molecule has 0 bridgehead atoms. The monoisotopic (exact) mass is 239 g/mol. The standard InChI is InChI=1S/C10H13N3O2S/c1-15-13-8-3-2-7(12-10(11)14)6-4-5-16-9(6)8/h4-5,7H,2-3H2,1H3,(H3,11,12,14)/b13-8+. The number of urea groups is 1. The van der Waals surface area contributed by atoms with Crippen molar-refractivity contribution >= 4 is 23.1 Å². The Morgan fingerprint density at radius 3 is 3.25 bits per heavy atom. The summed E-state index contributed by atoms with van der Waals surface area (Å²) in [6.45, 7) is 0. The topological polar surface area (TPSA) is 76.7 Å². The van der Waals surface area contributed by atoms with Gasteiger partial charge < -0.3 is 15.9 Å². The van der Waals surface area contributed by atoms with E-state index in [0.29, 0.717) is 0 Å². The van der Waals surface area contributed by atoms with E-state index in [0.717, 1.165) is 29.0 Å². The van der Waals surface area contributed by atoms with E-state index in [4.69, 9.17) is 10.6 Å². The third kappa shape index (κ3) is 2.01. The molecule has 0 aromatic carbocycles. The SMILES string of the molecule is CO/N=C1\CCC(NC(N)=O)c2ccsc21. The van der Waals surface area contributed by atoms with Crippen LogP contribution in [-0.2, 0) is 4.84 Å². The first-order chi connectivity index (χ1) is 7.72. The van der Waals surface area contributed by atoms with Gasteiger partial charge in [0, 0.05) is 0 Å². The number of nitrogens with zero attached hydrogens (tertiary/aromatic N) is 1. The second-order valence-corrected chi connectivity index (χ2v) is 4.44. The molecular weight excluding hydrogens is 226 g/mol. The smallest absolute Gasteiger partial charge is 0.312 e. The maximum Gasteiger partial charge on any atom is 0.312 e. The highest BCUT2D eigenvalue weighted by atomic mass is 32.1. The van der Waals surface area contributed by atoms with Gasteiger partial charge in [-0.15, -0.1) is 11.3 Å². The van der Waals surface area contributed by atoms with Gasteiger partial charge in [0.15, 0.2) is 0 Å². The summed E-state index contributed by atoms with van der Waals surface area (Å²) in [5.41, 5.74) is 7.16. The van der Waals surface area contributed by atoms with Gasteiger partial charge >= 0.3 is 6.03 Å². The predicted molar refractivity (Wildman–Crippen MR) is 62.6 cm³/mol. The fourth-order valence-corrected chi connectivity index (χ4v) is 2.87. The van der Waals surface area contributed by atoms with E-state index in [9.17, 15) is 4.79 Å². The second kappa shape index (κ2) is 4.52. The van der Waals surface area contributed by atoms with Gasteiger partial charge in [-0.3, -0.25) is 0 Å². The van der Waals surface area contributed by atoms with Crippen LogP contribution >= 0.6 is 11.3 Å². The van der Waals surface area contributed by atoms with Crippen molar-refractivity contribution in [1.29, 1.82) is 0 Å². The van der Waals surface area contributed by atoms with Crippen molar-refractivity contribution in [3.8, 4) is 0 Å². The molecule has 0 saturated carbocycles. The minimum Gasteiger partial charge on any atom is -0.399 e. The van der Waals surface area contributed by atoms with E-state index in [2.05, 4.69) is 10.5 Å². The molecule has 6 heteroatoms. The summed E-state index contributed by atoms with van der Waals surface area (Å²) in [7, 11) is 1.54. The van der Waals surface area contributed by atoms with Crippen LogP contribution in [0.3, 0.4) is 0 Å². The number of carbonyl (C=O) groups excluding carboxylic acids is 1. The minimum absolute atomic E-state index is 0.00504. The zero-order valence-electron chi connectivity index (χ0n) is 8.90. The molecule has 0 spiro atoms. The first-order valence-electron chi connectivity index (χ1n) is 4.96. The van der Waals surface area contributed by atoms with Crippen LogP contribution < -0.4 is 11.1 Å². The van der Waals surface area contributed by atoms with E-state index in [1.54, 1.807) is 11.3 Å². The number of fused-ring (bicyclic) bond motifs is 1. The van der Waals surface area contributed by atoms with Gasteiger partial charge in [-0.25, -0.2) is 4.79 Å². The first kappa shape index (κ1) is 10.9. The third-order valence-electron chi connectivity index (χ3n) is 2.52. The highest BCUT2D eigenvalue weighted by molar-refractivity contribution is 7.12. The lowest BCUT2D eigenvalue weighted by Gasteiger charge is -2.23. The molecule has 1 heterocycles. The van der Waals surface area contributed by atoms with Crippen LogP contribution in [0, 0.1) is 0 Å². The van der Waals surface area contributed by atoms with E-state index < -0.39 is 6.03 Å². The average molecular weight is 239 g/mol.